The first-order chi connectivity index (χ1) is 11.4. The molecule has 2 aromatic rings. The van der Waals surface area contributed by atoms with E-state index in [1.807, 2.05) is 30.3 Å². The van der Waals surface area contributed by atoms with Gasteiger partial charge in [-0.05, 0) is 12.5 Å². The van der Waals surface area contributed by atoms with Gasteiger partial charge < -0.3 is 20.1 Å². The van der Waals surface area contributed by atoms with Gasteiger partial charge in [0, 0.05) is 13.5 Å². The van der Waals surface area contributed by atoms with E-state index in [0.29, 0.717) is 6.42 Å². The third-order valence-corrected chi connectivity index (χ3v) is 3.65. The number of ether oxygens (including phenoxy) is 1. The Morgan fingerprint density at radius 1 is 1.12 bits per heavy atom. The van der Waals surface area contributed by atoms with Crippen molar-refractivity contribution in [3.63, 3.8) is 0 Å². The van der Waals surface area contributed by atoms with Crippen LogP contribution in [0.2, 0.25) is 0 Å². The van der Waals surface area contributed by atoms with Crippen LogP contribution in [0.5, 0.6) is 5.75 Å². The minimum atomic E-state index is -1.54. The lowest BCUT2D eigenvalue weighted by molar-refractivity contribution is 0.0629. The Bertz CT molecular complexity index is 772. The summed E-state index contributed by atoms with van der Waals surface area (Å²) in [6, 6.07) is 9.20. The molecule has 0 saturated heterocycles. The number of methoxy groups -OCH3 is 1. The molecule has 1 aromatic heterocycles. The van der Waals surface area contributed by atoms with Crippen molar-refractivity contribution in [3.05, 3.63) is 58.4 Å². The molecular formula is C17H17NO6. The third kappa shape index (κ3) is 3.36. The summed E-state index contributed by atoms with van der Waals surface area (Å²) in [4.78, 5) is 27.1. The van der Waals surface area contributed by atoms with E-state index in [0.717, 1.165) is 5.56 Å². The second-order valence-electron chi connectivity index (χ2n) is 5.21. The number of carboxylic acid groups (broad SMARTS) is 2. The Kier molecular flexibility index (Phi) is 5.15. The zero-order valence-corrected chi connectivity index (χ0v) is 13.2. The first-order valence-electron chi connectivity index (χ1n) is 7.13. The molecule has 0 aliphatic carbocycles. The first kappa shape index (κ1) is 17.4. The van der Waals surface area contributed by atoms with Gasteiger partial charge in [-0.2, -0.15) is 0 Å². The number of benzene rings is 1. The Labute approximate surface area is 138 Å². The molecule has 1 heterocycles. The van der Waals surface area contributed by atoms with Crippen molar-refractivity contribution in [1.29, 1.82) is 0 Å². The highest BCUT2D eigenvalue weighted by Crippen LogP contribution is 2.32. The van der Waals surface area contributed by atoms with Gasteiger partial charge in [-0.1, -0.05) is 30.3 Å². The number of aryl methyl sites for hydroxylation is 1. The maximum absolute atomic E-state index is 11.6. The monoisotopic (exact) mass is 331 g/mol. The van der Waals surface area contributed by atoms with Crippen LogP contribution in [0.3, 0.4) is 0 Å². The molecule has 0 radical (unpaired) electrons. The normalized spacial score (nSPS) is 11.9. The third-order valence-electron chi connectivity index (χ3n) is 3.65. The van der Waals surface area contributed by atoms with Crippen molar-refractivity contribution in [1.82, 2.24) is 4.98 Å². The van der Waals surface area contributed by atoms with Crippen molar-refractivity contribution in [2.24, 2.45) is 0 Å². The average molecular weight is 331 g/mol. The van der Waals surface area contributed by atoms with Crippen LogP contribution in [-0.2, 0) is 11.2 Å². The lowest BCUT2D eigenvalue weighted by Crippen LogP contribution is -2.19. The highest BCUT2D eigenvalue weighted by Gasteiger charge is 2.31. The zero-order chi connectivity index (χ0) is 17.9. The summed E-state index contributed by atoms with van der Waals surface area (Å²) in [6.45, 7) is 1.41. The molecule has 0 spiro atoms. The van der Waals surface area contributed by atoms with Crippen molar-refractivity contribution in [3.8, 4) is 5.75 Å². The molecule has 2 rings (SSSR count). The standard InChI is InChI=1S/C17H17NO6/c1-9-15(19)13(17(22)23)12(16(20)21)14(18-9)11(24-2)8-10-6-4-3-5-7-10/h3-7,11,19H,8H2,1-2H3,(H,20,21)(H,22,23). The molecule has 0 aliphatic heterocycles. The fourth-order valence-electron chi connectivity index (χ4n) is 2.49. The summed E-state index contributed by atoms with van der Waals surface area (Å²) in [5, 5.41) is 28.7. The van der Waals surface area contributed by atoms with Gasteiger partial charge in [-0.15, -0.1) is 0 Å². The minimum absolute atomic E-state index is 0.0263. The van der Waals surface area contributed by atoms with Gasteiger partial charge in [0.2, 0.25) is 0 Å². The van der Waals surface area contributed by atoms with Gasteiger partial charge in [-0.25, -0.2) is 9.59 Å². The van der Waals surface area contributed by atoms with Crippen molar-refractivity contribution < 1.29 is 29.6 Å². The number of aromatic hydroxyl groups is 1. The van der Waals surface area contributed by atoms with Crippen LogP contribution in [-0.4, -0.2) is 39.4 Å². The van der Waals surface area contributed by atoms with Crippen LogP contribution in [0.4, 0.5) is 0 Å². The highest BCUT2D eigenvalue weighted by molar-refractivity contribution is 6.04. The quantitative estimate of drug-likeness (QED) is 0.744. The smallest absolute Gasteiger partial charge is 0.340 e. The minimum Gasteiger partial charge on any atom is -0.505 e. The molecule has 1 aromatic carbocycles. The van der Waals surface area contributed by atoms with Crippen LogP contribution >= 0.6 is 0 Å². The van der Waals surface area contributed by atoms with E-state index in [4.69, 9.17) is 4.74 Å². The van der Waals surface area contributed by atoms with Gasteiger partial charge in [0.1, 0.15) is 17.2 Å². The number of aromatic carboxylic acids is 2. The van der Waals surface area contributed by atoms with Gasteiger partial charge in [-0.3, -0.25) is 4.98 Å². The van der Waals surface area contributed by atoms with E-state index in [-0.39, 0.29) is 11.4 Å². The summed E-state index contributed by atoms with van der Waals surface area (Å²) in [5.41, 5.74) is -0.359. The second-order valence-corrected chi connectivity index (χ2v) is 5.21. The number of aromatic nitrogens is 1. The summed E-state index contributed by atoms with van der Waals surface area (Å²) >= 11 is 0. The van der Waals surface area contributed by atoms with Crippen LogP contribution in [0.25, 0.3) is 0 Å². The first-order valence-corrected chi connectivity index (χ1v) is 7.13. The molecular weight excluding hydrogens is 314 g/mol. The number of hydrogen-bond donors (Lipinski definition) is 3. The highest BCUT2D eigenvalue weighted by atomic mass is 16.5. The number of carboxylic acids is 2. The van der Waals surface area contributed by atoms with E-state index >= 15 is 0 Å². The lowest BCUT2D eigenvalue weighted by atomic mass is 9.97. The second kappa shape index (κ2) is 7.10. The lowest BCUT2D eigenvalue weighted by Gasteiger charge is -2.19. The molecule has 0 bridgehead atoms. The average Bonchev–Trinajstić information content (AvgIpc) is 2.55. The molecule has 1 atom stereocenters. The van der Waals surface area contributed by atoms with Crippen LogP contribution in [0, 0.1) is 6.92 Å². The Hall–Kier alpha value is -2.93. The molecule has 126 valence electrons. The molecule has 1 unspecified atom stereocenters. The number of rotatable bonds is 6. The topological polar surface area (TPSA) is 117 Å². The summed E-state index contributed by atoms with van der Waals surface area (Å²) in [7, 11) is 1.39. The van der Waals surface area contributed by atoms with Crippen LogP contribution in [0.15, 0.2) is 30.3 Å². The van der Waals surface area contributed by atoms with Gasteiger partial charge in [0.25, 0.3) is 0 Å². The summed E-state index contributed by atoms with van der Waals surface area (Å²) in [6.07, 6.45) is -0.454. The van der Waals surface area contributed by atoms with E-state index in [1.165, 1.54) is 14.0 Å². The predicted molar refractivity (Wildman–Crippen MR) is 84.5 cm³/mol. The van der Waals surface area contributed by atoms with Gasteiger partial charge in [0.15, 0.2) is 5.75 Å². The van der Waals surface area contributed by atoms with Gasteiger partial charge in [0.05, 0.1) is 11.4 Å². The van der Waals surface area contributed by atoms with Crippen molar-refractivity contribution in [2.75, 3.05) is 7.11 Å². The van der Waals surface area contributed by atoms with Gasteiger partial charge >= 0.3 is 11.9 Å². The molecule has 0 aliphatic rings. The van der Waals surface area contributed by atoms with Crippen molar-refractivity contribution >= 4 is 11.9 Å². The number of nitrogens with zero attached hydrogens (tertiary/aromatic N) is 1. The van der Waals surface area contributed by atoms with Crippen LogP contribution in [0.1, 0.15) is 43.8 Å². The van der Waals surface area contributed by atoms with Crippen LogP contribution < -0.4 is 0 Å². The molecule has 7 heteroatoms. The Morgan fingerprint density at radius 2 is 1.71 bits per heavy atom. The predicted octanol–water partition coefficient (Wildman–Crippen LogP) is 2.42. The fraction of sp³-hybridized carbons (Fsp3) is 0.235. The Balaban J connectivity index is 2.62. The molecule has 0 amide bonds. The number of carbonyl (C=O) groups is 2. The Morgan fingerprint density at radius 3 is 2.21 bits per heavy atom. The maximum atomic E-state index is 11.6. The van der Waals surface area contributed by atoms with E-state index in [2.05, 4.69) is 4.98 Å². The molecule has 0 saturated carbocycles. The molecule has 3 N–H and O–H groups in total. The van der Waals surface area contributed by atoms with E-state index in [1.54, 1.807) is 0 Å². The fourth-order valence-corrected chi connectivity index (χ4v) is 2.49. The molecule has 7 nitrogen and oxygen atoms in total. The molecule has 24 heavy (non-hydrogen) atoms. The summed E-state index contributed by atoms with van der Waals surface area (Å²) in [5.74, 6) is -3.68. The largest absolute Gasteiger partial charge is 0.505 e. The maximum Gasteiger partial charge on any atom is 0.340 e. The van der Waals surface area contributed by atoms with Crippen molar-refractivity contribution in [2.45, 2.75) is 19.4 Å². The molecule has 0 fully saturated rings. The zero-order valence-electron chi connectivity index (χ0n) is 13.2. The number of pyridine rings is 1. The SMILES string of the molecule is COC(Cc1ccccc1)c1nc(C)c(O)c(C(=O)O)c1C(=O)O. The number of hydrogen-bond acceptors (Lipinski definition) is 5. The van der Waals surface area contributed by atoms with E-state index < -0.39 is 34.9 Å². The van der Waals surface area contributed by atoms with E-state index in [9.17, 15) is 24.9 Å². The summed E-state index contributed by atoms with van der Waals surface area (Å²) < 4.78 is 5.36.